The van der Waals surface area contributed by atoms with Crippen LogP contribution >= 0.6 is 11.3 Å². The Kier molecular flexibility index (Phi) is 3.66. The molecular weight excluding hydrogens is 234 g/mol. The third-order valence-electron chi connectivity index (χ3n) is 3.60. The lowest BCUT2D eigenvalue weighted by molar-refractivity contribution is -0.135. The predicted octanol–water partition coefficient (Wildman–Crippen LogP) is 1.91. The first kappa shape index (κ1) is 12.4. The minimum absolute atomic E-state index is 0.175. The summed E-state index contributed by atoms with van der Waals surface area (Å²) in [6, 6.07) is 0.340. The van der Waals surface area contributed by atoms with Crippen LogP contribution in [-0.2, 0) is 11.2 Å². The summed E-state index contributed by atoms with van der Waals surface area (Å²) in [6.07, 6.45) is 2.70. The molecule has 2 rings (SSSR count). The minimum Gasteiger partial charge on any atom is -0.375 e. The van der Waals surface area contributed by atoms with Gasteiger partial charge in [-0.25, -0.2) is 4.98 Å². The van der Waals surface area contributed by atoms with Crippen molar-refractivity contribution in [2.45, 2.75) is 39.2 Å². The number of nitrogens with zero attached hydrogens (tertiary/aromatic N) is 2. The average molecular weight is 253 g/mol. The van der Waals surface area contributed by atoms with E-state index in [-0.39, 0.29) is 5.91 Å². The molecule has 2 atom stereocenters. The maximum atomic E-state index is 12.2. The highest BCUT2D eigenvalue weighted by Crippen LogP contribution is 2.23. The van der Waals surface area contributed by atoms with Gasteiger partial charge in [0.05, 0.1) is 12.1 Å². The molecule has 0 radical (unpaired) electrons. The van der Waals surface area contributed by atoms with E-state index in [1.54, 1.807) is 0 Å². The van der Waals surface area contributed by atoms with E-state index in [0.29, 0.717) is 23.5 Å². The van der Waals surface area contributed by atoms with Gasteiger partial charge in [-0.05, 0) is 25.7 Å². The van der Waals surface area contributed by atoms with Crippen LogP contribution in [0.4, 0.5) is 5.13 Å². The number of rotatable bonds is 2. The monoisotopic (exact) mass is 253 g/mol. The molecule has 1 amide bonds. The quantitative estimate of drug-likeness (QED) is 0.876. The molecule has 2 unspecified atom stereocenters. The molecule has 94 valence electrons. The van der Waals surface area contributed by atoms with Crippen molar-refractivity contribution >= 4 is 22.4 Å². The van der Waals surface area contributed by atoms with Gasteiger partial charge in [0.15, 0.2) is 5.13 Å². The summed E-state index contributed by atoms with van der Waals surface area (Å²) in [5, 5.41) is 2.40. The first-order valence-electron chi connectivity index (χ1n) is 6.07. The van der Waals surface area contributed by atoms with Crippen molar-refractivity contribution in [3.05, 3.63) is 11.1 Å². The molecule has 0 aliphatic carbocycles. The highest BCUT2D eigenvalue weighted by atomic mass is 32.1. The molecule has 17 heavy (non-hydrogen) atoms. The van der Waals surface area contributed by atoms with Crippen LogP contribution in [-0.4, -0.2) is 28.4 Å². The molecule has 1 saturated heterocycles. The first-order valence-corrected chi connectivity index (χ1v) is 6.95. The third-order valence-corrected chi connectivity index (χ3v) is 4.32. The third kappa shape index (κ3) is 2.77. The standard InChI is InChI=1S/C12H19N3OS/c1-8-4-3-5-15(9(8)2)11(16)6-10-7-17-12(13)14-10/h7-9H,3-6H2,1-2H3,(H2,13,14). The molecule has 1 aliphatic heterocycles. The Morgan fingerprint density at radius 2 is 2.41 bits per heavy atom. The number of piperidine rings is 1. The van der Waals surface area contributed by atoms with Gasteiger partial charge in [0, 0.05) is 18.0 Å². The number of carbonyl (C=O) groups excluding carboxylic acids is 1. The van der Waals surface area contributed by atoms with Crippen LogP contribution in [0.2, 0.25) is 0 Å². The number of nitrogens with two attached hydrogens (primary N) is 1. The number of carbonyl (C=O) groups is 1. The molecule has 0 spiro atoms. The number of likely N-dealkylation sites (tertiary alicyclic amines) is 1. The summed E-state index contributed by atoms with van der Waals surface area (Å²) in [6.45, 7) is 5.23. The zero-order valence-corrected chi connectivity index (χ0v) is 11.2. The molecule has 0 saturated carbocycles. The maximum Gasteiger partial charge on any atom is 0.228 e. The molecule has 4 nitrogen and oxygen atoms in total. The number of hydrogen-bond donors (Lipinski definition) is 1. The zero-order valence-electron chi connectivity index (χ0n) is 10.3. The Labute approximate surface area is 106 Å². The Bertz CT molecular complexity index is 404. The second kappa shape index (κ2) is 5.04. The lowest BCUT2D eigenvalue weighted by Gasteiger charge is -2.37. The molecule has 2 heterocycles. The van der Waals surface area contributed by atoms with E-state index < -0.39 is 0 Å². The highest BCUT2D eigenvalue weighted by Gasteiger charge is 2.28. The fourth-order valence-electron chi connectivity index (χ4n) is 2.35. The van der Waals surface area contributed by atoms with Crippen LogP contribution < -0.4 is 5.73 Å². The second-order valence-corrected chi connectivity index (χ2v) is 5.69. The SMILES string of the molecule is CC1CCCN(C(=O)Cc2csc(N)n2)C1C. The molecule has 2 N–H and O–H groups in total. The van der Waals surface area contributed by atoms with E-state index in [9.17, 15) is 4.79 Å². The predicted molar refractivity (Wildman–Crippen MR) is 69.8 cm³/mol. The van der Waals surface area contributed by atoms with E-state index >= 15 is 0 Å². The molecular formula is C12H19N3OS. The largest absolute Gasteiger partial charge is 0.375 e. The molecule has 1 fully saturated rings. The molecule has 1 aromatic rings. The topological polar surface area (TPSA) is 59.2 Å². The van der Waals surface area contributed by atoms with E-state index in [4.69, 9.17) is 5.73 Å². The van der Waals surface area contributed by atoms with Crippen LogP contribution in [0.15, 0.2) is 5.38 Å². The second-order valence-electron chi connectivity index (χ2n) is 4.80. The fraction of sp³-hybridized carbons (Fsp3) is 0.667. The van der Waals surface area contributed by atoms with Gasteiger partial charge in [-0.1, -0.05) is 6.92 Å². The Morgan fingerprint density at radius 3 is 3.06 bits per heavy atom. The maximum absolute atomic E-state index is 12.2. The lowest BCUT2D eigenvalue weighted by atomic mass is 9.92. The number of hydrogen-bond acceptors (Lipinski definition) is 4. The van der Waals surface area contributed by atoms with Crippen molar-refractivity contribution in [1.29, 1.82) is 0 Å². The Balaban J connectivity index is 1.99. The smallest absolute Gasteiger partial charge is 0.228 e. The molecule has 1 aliphatic rings. The van der Waals surface area contributed by atoms with Crippen LogP contribution in [0.1, 0.15) is 32.4 Å². The van der Waals surface area contributed by atoms with Gasteiger partial charge in [0.2, 0.25) is 5.91 Å². The number of nitrogen functional groups attached to an aromatic ring is 1. The normalized spacial score (nSPS) is 24.9. The van der Waals surface area contributed by atoms with Gasteiger partial charge >= 0.3 is 0 Å². The number of anilines is 1. The zero-order chi connectivity index (χ0) is 12.4. The average Bonchev–Trinajstić information content (AvgIpc) is 2.68. The van der Waals surface area contributed by atoms with Crippen molar-refractivity contribution in [2.24, 2.45) is 5.92 Å². The Morgan fingerprint density at radius 1 is 1.65 bits per heavy atom. The fourth-order valence-corrected chi connectivity index (χ4v) is 2.91. The summed E-state index contributed by atoms with van der Waals surface area (Å²) in [5.74, 6) is 0.766. The molecule has 0 aromatic carbocycles. The van der Waals surface area contributed by atoms with Gasteiger partial charge in [0.25, 0.3) is 0 Å². The van der Waals surface area contributed by atoms with Gasteiger partial charge in [-0.15, -0.1) is 11.3 Å². The van der Waals surface area contributed by atoms with E-state index in [2.05, 4.69) is 18.8 Å². The Hall–Kier alpha value is -1.10. The van der Waals surface area contributed by atoms with Gasteiger partial charge in [0.1, 0.15) is 0 Å². The van der Waals surface area contributed by atoms with E-state index in [0.717, 1.165) is 18.7 Å². The van der Waals surface area contributed by atoms with Crippen molar-refractivity contribution in [1.82, 2.24) is 9.88 Å². The van der Waals surface area contributed by atoms with Crippen molar-refractivity contribution in [3.8, 4) is 0 Å². The van der Waals surface area contributed by atoms with Gasteiger partial charge in [-0.2, -0.15) is 0 Å². The van der Waals surface area contributed by atoms with E-state index in [1.165, 1.54) is 17.8 Å². The van der Waals surface area contributed by atoms with Crippen LogP contribution in [0, 0.1) is 5.92 Å². The summed E-state index contributed by atoms with van der Waals surface area (Å²) < 4.78 is 0. The number of aromatic nitrogens is 1. The minimum atomic E-state index is 0.175. The number of thiazole rings is 1. The van der Waals surface area contributed by atoms with Crippen molar-refractivity contribution in [3.63, 3.8) is 0 Å². The summed E-state index contributed by atoms with van der Waals surface area (Å²) in [4.78, 5) is 18.3. The van der Waals surface area contributed by atoms with Crippen LogP contribution in [0.3, 0.4) is 0 Å². The highest BCUT2D eigenvalue weighted by molar-refractivity contribution is 7.13. The van der Waals surface area contributed by atoms with Gasteiger partial charge < -0.3 is 10.6 Å². The summed E-state index contributed by atoms with van der Waals surface area (Å²) in [7, 11) is 0. The van der Waals surface area contributed by atoms with Crippen molar-refractivity contribution in [2.75, 3.05) is 12.3 Å². The number of amides is 1. The van der Waals surface area contributed by atoms with E-state index in [1.807, 2.05) is 10.3 Å². The molecule has 5 heteroatoms. The van der Waals surface area contributed by atoms with Crippen LogP contribution in [0.25, 0.3) is 0 Å². The summed E-state index contributed by atoms with van der Waals surface area (Å²) in [5.41, 5.74) is 6.36. The lowest BCUT2D eigenvalue weighted by Crippen LogP contribution is -2.46. The van der Waals surface area contributed by atoms with Crippen molar-refractivity contribution < 1.29 is 4.79 Å². The van der Waals surface area contributed by atoms with Gasteiger partial charge in [-0.3, -0.25) is 4.79 Å². The molecule has 0 bridgehead atoms. The van der Waals surface area contributed by atoms with Crippen LogP contribution in [0.5, 0.6) is 0 Å². The first-order chi connectivity index (χ1) is 8.08. The summed E-state index contributed by atoms with van der Waals surface area (Å²) >= 11 is 1.39. The molecule has 1 aromatic heterocycles.